The second-order valence-corrected chi connectivity index (χ2v) is 5.59. The first-order valence-corrected chi connectivity index (χ1v) is 7.18. The molecule has 0 amide bonds. The van der Waals surface area contributed by atoms with Gasteiger partial charge in [-0.2, -0.15) is 0 Å². The Morgan fingerprint density at radius 2 is 1.50 bits per heavy atom. The van der Waals surface area contributed by atoms with E-state index in [-0.39, 0.29) is 11.7 Å². The molecule has 2 unspecified atom stereocenters. The second-order valence-electron chi connectivity index (χ2n) is 5.59. The largest absolute Gasteiger partial charge is 0.207 e. The fourth-order valence-electron chi connectivity index (χ4n) is 2.92. The molecule has 1 radical (unpaired) electrons. The Hall–Kier alpha value is -1.63. The van der Waals surface area contributed by atoms with Gasteiger partial charge in [0.05, 0.1) is 0 Å². The van der Waals surface area contributed by atoms with Gasteiger partial charge in [0.1, 0.15) is 5.82 Å². The molecule has 105 valence electrons. The lowest BCUT2D eigenvalue weighted by atomic mass is 9.80. The zero-order valence-electron chi connectivity index (χ0n) is 12.5. The molecule has 2 atom stereocenters. The lowest BCUT2D eigenvalue weighted by Gasteiger charge is -2.24. The Morgan fingerprint density at radius 3 is 2.00 bits per heavy atom. The fourth-order valence-corrected chi connectivity index (χ4v) is 2.92. The first-order valence-electron chi connectivity index (χ1n) is 7.18. The lowest BCUT2D eigenvalue weighted by molar-refractivity contribution is 0.591. The van der Waals surface area contributed by atoms with Gasteiger partial charge >= 0.3 is 0 Å². The van der Waals surface area contributed by atoms with E-state index in [9.17, 15) is 4.39 Å². The summed E-state index contributed by atoms with van der Waals surface area (Å²) in [7, 11) is 0. The molecule has 0 aliphatic carbocycles. The number of benzene rings is 2. The minimum absolute atomic E-state index is 0.141. The van der Waals surface area contributed by atoms with Crippen LogP contribution in [0, 0.1) is 26.6 Å². The molecule has 1 heteroatoms. The lowest BCUT2D eigenvalue weighted by Crippen LogP contribution is -2.08. The molecule has 2 rings (SSSR count). The molecule has 0 heterocycles. The maximum Gasteiger partial charge on any atom is 0.123 e. The molecule has 2 aromatic rings. The van der Waals surface area contributed by atoms with Gasteiger partial charge in [0, 0.05) is 0 Å². The third-order valence-electron chi connectivity index (χ3n) is 3.90. The number of hydrogen-bond acceptors (Lipinski definition) is 0. The van der Waals surface area contributed by atoms with Crippen LogP contribution < -0.4 is 0 Å². The zero-order valence-corrected chi connectivity index (χ0v) is 12.5. The van der Waals surface area contributed by atoms with Crippen LogP contribution in [0.2, 0.25) is 0 Å². The van der Waals surface area contributed by atoms with Crippen LogP contribution in [0.5, 0.6) is 0 Å². The quantitative estimate of drug-likeness (QED) is 0.682. The normalized spacial score (nSPS) is 14.1. The van der Waals surface area contributed by atoms with Crippen molar-refractivity contribution >= 4 is 0 Å². The zero-order chi connectivity index (χ0) is 14.7. The fraction of sp³-hybridized carbons (Fsp3) is 0.316. The Morgan fingerprint density at radius 1 is 0.950 bits per heavy atom. The smallest absolute Gasteiger partial charge is 0.123 e. The van der Waals surface area contributed by atoms with Crippen molar-refractivity contribution in [2.24, 2.45) is 0 Å². The SMILES string of the molecule is [CH2]C(c1ccc(F)cc1)C(CC)c1cc(C)cc(C)c1. The van der Waals surface area contributed by atoms with Crippen molar-refractivity contribution in [3.8, 4) is 0 Å². The van der Waals surface area contributed by atoms with Gasteiger partial charge in [0.15, 0.2) is 0 Å². The maximum atomic E-state index is 13.0. The third-order valence-corrected chi connectivity index (χ3v) is 3.90. The maximum absolute atomic E-state index is 13.0. The summed E-state index contributed by atoms with van der Waals surface area (Å²) < 4.78 is 13.0. The molecule has 2 aromatic carbocycles. The molecule has 0 bridgehead atoms. The molecule has 0 saturated carbocycles. The molecule has 0 spiro atoms. The molecule has 0 aliphatic heterocycles. The van der Waals surface area contributed by atoms with Crippen LogP contribution in [0.3, 0.4) is 0 Å². The van der Waals surface area contributed by atoms with E-state index in [1.54, 1.807) is 0 Å². The average molecular weight is 269 g/mol. The topological polar surface area (TPSA) is 0 Å². The standard InChI is InChI=1S/C19H22F/c1-5-19(17-11-13(2)10-14(3)12-17)15(4)16-6-8-18(20)9-7-16/h6-12,15,19H,4-5H2,1-3H3. The van der Waals surface area contributed by atoms with E-state index in [4.69, 9.17) is 0 Å². The van der Waals surface area contributed by atoms with Crippen LogP contribution in [0.15, 0.2) is 42.5 Å². The molecule has 0 fully saturated rings. The summed E-state index contributed by atoms with van der Waals surface area (Å²) in [5.74, 6) is 0.307. The van der Waals surface area contributed by atoms with Crippen LogP contribution >= 0.6 is 0 Å². The summed E-state index contributed by atoms with van der Waals surface area (Å²) >= 11 is 0. The molecular weight excluding hydrogens is 247 g/mol. The summed E-state index contributed by atoms with van der Waals surface area (Å²) in [6.07, 6.45) is 1.02. The summed E-state index contributed by atoms with van der Waals surface area (Å²) in [4.78, 5) is 0. The first-order chi connectivity index (χ1) is 9.51. The van der Waals surface area contributed by atoms with Gasteiger partial charge in [-0.05, 0) is 62.3 Å². The van der Waals surface area contributed by atoms with Crippen molar-refractivity contribution in [1.82, 2.24) is 0 Å². The number of halogens is 1. The third kappa shape index (κ3) is 3.27. The van der Waals surface area contributed by atoms with Gasteiger partial charge < -0.3 is 0 Å². The molecule has 0 saturated heterocycles. The van der Waals surface area contributed by atoms with E-state index in [0.29, 0.717) is 5.92 Å². The van der Waals surface area contributed by atoms with Crippen LogP contribution in [0.1, 0.15) is 47.4 Å². The summed E-state index contributed by atoms with van der Waals surface area (Å²) in [6, 6.07) is 13.4. The van der Waals surface area contributed by atoms with Gasteiger partial charge in [-0.1, -0.05) is 48.4 Å². The van der Waals surface area contributed by atoms with Crippen LogP contribution in [0.4, 0.5) is 4.39 Å². The Kier molecular flexibility index (Phi) is 4.59. The average Bonchev–Trinajstić information content (AvgIpc) is 2.39. The van der Waals surface area contributed by atoms with E-state index in [1.165, 1.54) is 28.8 Å². The minimum Gasteiger partial charge on any atom is -0.207 e. The Bertz CT molecular complexity index is 549. The predicted octanol–water partition coefficient (Wildman–Crippen LogP) is 5.55. The van der Waals surface area contributed by atoms with Gasteiger partial charge in [-0.25, -0.2) is 4.39 Å². The molecule has 0 nitrogen and oxygen atoms in total. The number of hydrogen-bond donors (Lipinski definition) is 0. The van der Waals surface area contributed by atoms with E-state index >= 15 is 0 Å². The van der Waals surface area contributed by atoms with Crippen molar-refractivity contribution in [3.05, 3.63) is 77.5 Å². The number of rotatable bonds is 4. The van der Waals surface area contributed by atoms with E-state index in [0.717, 1.165) is 12.0 Å². The molecule has 20 heavy (non-hydrogen) atoms. The highest BCUT2D eigenvalue weighted by Gasteiger charge is 2.19. The van der Waals surface area contributed by atoms with Crippen LogP contribution in [-0.2, 0) is 0 Å². The van der Waals surface area contributed by atoms with Crippen molar-refractivity contribution in [2.75, 3.05) is 0 Å². The van der Waals surface area contributed by atoms with E-state index in [1.807, 2.05) is 12.1 Å². The number of aryl methyl sites for hydroxylation is 2. The molecule has 0 N–H and O–H groups in total. The van der Waals surface area contributed by atoms with Gasteiger partial charge in [0.2, 0.25) is 0 Å². The highest BCUT2D eigenvalue weighted by Crippen LogP contribution is 2.35. The van der Waals surface area contributed by atoms with Crippen molar-refractivity contribution in [3.63, 3.8) is 0 Å². The summed E-state index contributed by atoms with van der Waals surface area (Å²) in [5.41, 5.74) is 4.99. The Labute approximate surface area is 121 Å². The van der Waals surface area contributed by atoms with Crippen LogP contribution in [-0.4, -0.2) is 0 Å². The molecular formula is C19H22F. The van der Waals surface area contributed by atoms with Gasteiger partial charge in [0.25, 0.3) is 0 Å². The van der Waals surface area contributed by atoms with Crippen molar-refractivity contribution in [2.45, 2.75) is 39.0 Å². The summed E-state index contributed by atoms with van der Waals surface area (Å²) in [6.45, 7) is 10.8. The molecule has 0 aromatic heterocycles. The highest BCUT2D eigenvalue weighted by atomic mass is 19.1. The van der Waals surface area contributed by atoms with Gasteiger partial charge in [-0.15, -0.1) is 0 Å². The highest BCUT2D eigenvalue weighted by molar-refractivity contribution is 5.35. The Balaban J connectivity index is 2.33. The predicted molar refractivity (Wildman–Crippen MR) is 83.4 cm³/mol. The van der Waals surface area contributed by atoms with Crippen molar-refractivity contribution < 1.29 is 4.39 Å². The van der Waals surface area contributed by atoms with E-state index < -0.39 is 0 Å². The van der Waals surface area contributed by atoms with Gasteiger partial charge in [-0.3, -0.25) is 0 Å². The first kappa shape index (κ1) is 14.8. The second kappa shape index (κ2) is 6.21. The monoisotopic (exact) mass is 269 g/mol. The summed E-state index contributed by atoms with van der Waals surface area (Å²) in [5, 5.41) is 0. The van der Waals surface area contributed by atoms with Crippen LogP contribution in [0.25, 0.3) is 0 Å². The van der Waals surface area contributed by atoms with Crippen molar-refractivity contribution in [1.29, 1.82) is 0 Å². The molecule has 0 aliphatic rings. The van der Waals surface area contributed by atoms with E-state index in [2.05, 4.69) is 45.9 Å². The minimum atomic E-state index is -0.194.